The third kappa shape index (κ3) is 3.16. The molecule has 5 rings (SSSR count). The van der Waals surface area contributed by atoms with Crippen LogP contribution in [0.4, 0.5) is 11.4 Å². The molecule has 36 heavy (non-hydrogen) atoms. The zero-order valence-corrected chi connectivity index (χ0v) is 23.2. The molecular formula is C23H13Cl7N2O4. The van der Waals surface area contributed by atoms with Crippen molar-refractivity contribution in [1.82, 2.24) is 0 Å². The standard InChI is InChI=1S/C23H13Cl7N2O4/c1-36-13-6-5-10(24)8-12(13)31-18(33)9-3-2-4-11(7-9)32-19(34)14-15(20(32)35)22(28)17(26)16(25)21(14,27)23(22,29)30/h2-8,14-15H,1H3,(H,31,33)/t14-,15+,21-,22-/m1/s1. The summed E-state index contributed by atoms with van der Waals surface area (Å²) in [7, 11) is 1.45. The second kappa shape index (κ2) is 8.57. The third-order valence-electron chi connectivity index (χ3n) is 6.69. The first-order valence-electron chi connectivity index (χ1n) is 10.3. The zero-order chi connectivity index (χ0) is 26.4. The van der Waals surface area contributed by atoms with Crippen molar-refractivity contribution in [3.63, 3.8) is 0 Å². The van der Waals surface area contributed by atoms with Gasteiger partial charge in [-0.2, -0.15) is 0 Å². The Bertz CT molecular complexity index is 1350. The smallest absolute Gasteiger partial charge is 0.255 e. The molecule has 1 saturated heterocycles. The molecule has 1 N–H and O–H groups in total. The normalized spacial score (nSPS) is 30.2. The van der Waals surface area contributed by atoms with E-state index in [9.17, 15) is 14.4 Å². The summed E-state index contributed by atoms with van der Waals surface area (Å²) >= 11 is 45.2. The van der Waals surface area contributed by atoms with Crippen LogP contribution in [0, 0.1) is 11.8 Å². The summed E-state index contributed by atoms with van der Waals surface area (Å²) in [5.74, 6) is -4.13. The number of imide groups is 1. The van der Waals surface area contributed by atoms with E-state index >= 15 is 0 Å². The minimum Gasteiger partial charge on any atom is -0.495 e. The Labute approximate surface area is 240 Å². The van der Waals surface area contributed by atoms with Gasteiger partial charge in [0, 0.05) is 10.6 Å². The highest BCUT2D eigenvalue weighted by atomic mass is 35.5. The Hall–Kier alpha value is -1.38. The van der Waals surface area contributed by atoms with Crippen LogP contribution in [0.1, 0.15) is 10.4 Å². The predicted octanol–water partition coefficient (Wildman–Crippen LogP) is 6.55. The molecule has 2 aliphatic carbocycles. The number of ether oxygens (including phenoxy) is 1. The maximum Gasteiger partial charge on any atom is 0.255 e. The topological polar surface area (TPSA) is 75.7 Å². The van der Waals surface area contributed by atoms with Crippen molar-refractivity contribution in [1.29, 1.82) is 0 Å². The largest absolute Gasteiger partial charge is 0.495 e. The van der Waals surface area contributed by atoms with Gasteiger partial charge in [-0.3, -0.25) is 14.4 Å². The van der Waals surface area contributed by atoms with E-state index in [1.54, 1.807) is 12.1 Å². The Kier molecular flexibility index (Phi) is 6.24. The van der Waals surface area contributed by atoms with Gasteiger partial charge < -0.3 is 10.1 Å². The van der Waals surface area contributed by atoms with Gasteiger partial charge in [-0.15, -0.1) is 23.2 Å². The first kappa shape index (κ1) is 26.2. The van der Waals surface area contributed by atoms with Crippen LogP contribution in [-0.2, 0) is 9.59 Å². The molecular weight excluding hydrogens is 616 g/mol. The van der Waals surface area contributed by atoms with E-state index in [0.29, 0.717) is 16.5 Å². The number of allylic oxidation sites excluding steroid dienone is 2. The van der Waals surface area contributed by atoms with Crippen LogP contribution in [0.25, 0.3) is 0 Å². The number of carbonyl (C=O) groups is 3. The van der Waals surface area contributed by atoms with Crippen molar-refractivity contribution in [2.24, 2.45) is 11.8 Å². The number of methoxy groups -OCH3 is 1. The van der Waals surface area contributed by atoms with Crippen LogP contribution < -0.4 is 15.0 Å². The van der Waals surface area contributed by atoms with Crippen molar-refractivity contribution in [2.45, 2.75) is 14.1 Å². The number of anilines is 2. The average Bonchev–Trinajstić information content (AvgIpc) is 3.22. The van der Waals surface area contributed by atoms with E-state index in [-0.39, 0.29) is 21.3 Å². The summed E-state index contributed by atoms with van der Waals surface area (Å²) < 4.78 is 3.22. The molecule has 13 heteroatoms. The summed E-state index contributed by atoms with van der Waals surface area (Å²) in [4.78, 5) is 37.2. The molecule has 1 heterocycles. The number of benzene rings is 2. The van der Waals surface area contributed by atoms with E-state index in [0.717, 1.165) is 4.90 Å². The lowest BCUT2D eigenvalue weighted by Gasteiger charge is -2.34. The number of amides is 3. The summed E-state index contributed by atoms with van der Waals surface area (Å²) in [5, 5.41) is 2.73. The quantitative estimate of drug-likeness (QED) is 0.308. The predicted molar refractivity (Wildman–Crippen MR) is 142 cm³/mol. The number of hydrogen-bond acceptors (Lipinski definition) is 4. The van der Waals surface area contributed by atoms with Gasteiger partial charge in [-0.1, -0.05) is 64.1 Å². The van der Waals surface area contributed by atoms with Gasteiger partial charge in [0.15, 0.2) is 4.33 Å². The minimum atomic E-state index is -2.03. The molecule has 188 valence electrons. The summed E-state index contributed by atoms with van der Waals surface area (Å²) in [6.45, 7) is 0. The van der Waals surface area contributed by atoms with Crippen molar-refractivity contribution in [3.05, 3.63) is 63.1 Å². The fourth-order valence-corrected chi connectivity index (χ4v) is 8.11. The van der Waals surface area contributed by atoms with E-state index < -0.39 is 43.6 Å². The van der Waals surface area contributed by atoms with Crippen LogP contribution in [0.3, 0.4) is 0 Å². The van der Waals surface area contributed by atoms with Crippen molar-refractivity contribution in [2.75, 3.05) is 17.3 Å². The fourth-order valence-electron chi connectivity index (χ4n) is 5.01. The fraction of sp³-hybridized carbons (Fsp3) is 0.261. The summed E-state index contributed by atoms with van der Waals surface area (Å²) in [6.07, 6.45) is 0. The first-order chi connectivity index (χ1) is 16.8. The first-order valence-corrected chi connectivity index (χ1v) is 12.9. The zero-order valence-electron chi connectivity index (χ0n) is 17.9. The maximum absolute atomic E-state index is 13.6. The van der Waals surface area contributed by atoms with Crippen LogP contribution in [0.15, 0.2) is 52.5 Å². The molecule has 2 bridgehead atoms. The van der Waals surface area contributed by atoms with Crippen LogP contribution in [0.2, 0.25) is 5.02 Å². The molecule has 0 spiro atoms. The third-order valence-corrected chi connectivity index (χ3v) is 11.2. The van der Waals surface area contributed by atoms with E-state index in [1.165, 1.54) is 37.4 Å². The number of rotatable bonds is 4. The van der Waals surface area contributed by atoms with E-state index in [1.807, 2.05) is 0 Å². The maximum atomic E-state index is 13.6. The number of fused-ring (bicyclic) bond motifs is 5. The minimum absolute atomic E-state index is 0.118. The highest BCUT2D eigenvalue weighted by Gasteiger charge is 2.87. The number of nitrogens with zero attached hydrogens (tertiary/aromatic N) is 1. The number of nitrogens with one attached hydrogen (secondary N) is 1. The highest BCUT2D eigenvalue weighted by molar-refractivity contribution is 6.67. The second-order valence-electron chi connectivity index (χ2n) is 8.44. The van der Waals surface area contributed by atoms with Gasteiger partial charge in [-0.25, -0.2) is 4.90 Å². The second-order valence-corrected chi connectivity index (χ2v) is 12.2. The molecule has 3 aliphatic rings. The summed E-state index contributed by atoms with van der Waals surface area (Å²) in [5.41, 5.74) is 0.602. The average molecular weight is 630 g/mol. The van der Waals surface area contributed by atoms with Crippen molar-refractivity contribution >= 4 is 110 Å². The van der Waals surface area contributed by atoms with Gasteiger partial charge in [0.05, 0.1) is 40.4 Å². The molecule has 0 aromatic heterocycles. The molecule has 1 saturated carbocycles. The van der Waals surface area contributed by atoms with Gasteiger partial charge in [-0.05, 0) is 36.4 Å². The number of halogens is 7. The van der Waals surface area contributed by atoms with Crippen LogP contribution in [-0.4, -0.2) is 38.9 Å². The van der Waals surface area contributed by atoms with E-state index in [4.69, 9.17) is 85.9 Å². The monoisotopic (exact) mass is 626 g/mol. The van der Waals surface area contributed by atoms with Crippen molar-refractivity contribution in [3.8, 4) is 5.75 Å². The van der Waals surface area contributed by atoms with Gasteiger partial charge in [0.1, 0.15) is 15.5 Å². The molecule has 0 radical (unpaired) electrons. The van der Waals surface area contributed by atoms with Crippen LogP contribution >= 0.6 is 81.2 Å². The number of alkyl halides is 4. The Morgan fingerprint density at radius 1 is 0.917 bits per heavy atom. The SMILES string of the molecule is COc1ccc(Cl)cc1NC(=O)c1cccc(N2C(=O)[C@@H]3[C@H](C2=O)[C@@]2(Cl)C(Cl)=C(Cl)[C@@]3(Cl)C2(Cl)Cl)c1. The van der Waals surface area contributed by atoms with Gasteiger partial charge in [0.25, 0.3) is 5.91 Å². The van der Waals surface area contributed by atoms with E-state index in [2.05, 4.69) is 5.32 Å². The van der Waals surface area contributed by atoms with Crippen LogP contribution in [0.5, 0.6) is 5.75 Å². The molecule has 1 aliphatic heterocycles. The lowest BCUT2D eigenvalue weighted by molar-refractivity contribution is -0.123. The molecule has 2 aromatic carbocycles. The van der Waals surface area contributed by atoms with Crippen molar-refractivity contribution < 1.29 is 19.1 Å². The molecule has 0 unspecified atom stereocenters. The molecule has 3 amide bonds. The Morgan fingerprint density at radius 3 is 2.06 bits per heavy atom. The highest BCUT2D eigenvalue weighted by Crippen LogP contribution is 2.77. The summed E-state index contributed by atoms with van der Waals surface area (Å²) in [6, 6.07) is 10.6. The van der Waals surface area contributed by atoms with Gasteiger partial charge >= 0.3 is 0 Å². The molecule has 2 fully saturated rings. The Balaban J connectivity index is 1.50. The Morgan fingerprint density at radius 2 is 1.50 bits per heavy atom. The number of hydrogen-bond donors (Lipinski definition) is 1. The lowest BCUT2D eigenvalue weighted by atomic mass is 9.84. The number of carbonyl (C=O) groups excluding carboxylic acids is 3. The molecule has 4 atom stereocenters. The molecule has 2 aromatic rings. The lowest BCUT2D eigenvalue weighted by Crippen LogP contribution is -2.50. The van der Waals surface area contributed by atoms with Gasteiger partial charge in [0.2, 0.25) is 11.8 Å². The molecule has 6 nitrogen and oxygen atoms in total.